The van der Waals surface area contributed by atoms with Crippen LogP contribution in [0.3, 0.4) is 0 Å². The van der Waals surface area contributed by atoms with Crippen molar-refractivity contribution in [2.75, 3.05) is 26.2 Å². The number of amides is 3. The zero-order valence-electron chi connectivity index (χ0n) is 13.6. The van der Waals surface area contributed by atoms with E-state index in [1.54, 1.807) is 17.9 Å². The molecule has 7 nitrogen and oxygen atoms in total. The first-order chi connectivity index (χ1) is 10.5. The summed E-state index contributed by atoms with van der Waals surface area (Å²) in [4.78, 5) is 27.7. The van der Waals surface area contributed by atoms with E-state index >= 15 is 0 Å². The number of nitrogens with zero attached hydrogens (tertiary/aromatic N) is 4. The van der Waals surface area contributed by atoms with Crippen molar-refractivity contribution in [1.29, 1.82) is 0 Å². The number of hydrogen-bond donors (Lipinski definition) is 1. The van der Waals surface area contributed by atoms with Gasteiger partial charge in [0, 0.05) is 45.3 Å². The minimum absolute atomic E-state index is 0.0613. The maximum atomic E-state index is 12.5. The molecular formula is C15H25N5O2. The Balaban J connectivity index is 2.17. The third kappa shape index (κ3) is 3.23. The SMILES string of the molecule is CCN(CC)C(=O)N1CCC[C@@H](c2nn(C)cc2C(N)=O)C1. The molecule has 1 aliphatic rings. The summed E-state index contributed by atoms with van der Waals surface area (Å²) >= 11 is 0. The molecule has 2 N–H and O–H groups in total. The molecule has 0 aliphatic carbocycles. The molecule has 22 heavy (non-hydrogen) atoms. The summed E-state index contributed by atoms with van der Waals surface area (Å²) in [5.74, 6) is -0.396. The fourth-order valence-electron chi connectivity index (χ4n) is 3.07. The van der Waals surface area contributed by atoms with Gasteiger partial charge in [0.25, 0.3) is 5.91 Å². The molecule has 1 atom stereocenters. The highest BCUT2D eigenvalue weighted by Crippen LogP contribution is 2.28. The van der Waals surface area contributed by atoms with Crippen LogP contribution in [0.2, 0.25) is 0 Å². The number of rotatable bonds is 4. The van der Waals surface area contributed by atoms with Crippen LogP contribution in [0.25, 0.3) is 0 Å². The highest BCUT2D eigenvalue weighted by molar-refractivity contribution is 5.93. The second-order valence-corrected chi connectivity index (χ2v) is 5.71. The molecule has 1 fully saturated rings. The van der Waals surface area contributed by atoms with E-state index in [0.29, 0.717) is 30.9 Å². The summed E-state index contributed by atoms with van der Waals surface area (Å²) < 4.78 is 1.61. The van der Waals surface area contributed by atoms with Gasteiger partial charge in [-0.3, -0.25) is 9.48 Å². The Morgan fingerprint density at radius 1 is 1.41 bits per heavy atom. The molecule has 2 rings (SSSR count). The van der Waals surface area contributed by atoms with Crippen molar-refractivity contribution in [3.63, 3.8) is 0 Å². The van der Waals surface area contributed by atoms with Crippen LogP contribution in [0.15, 0.2) is 6.20 Å². The second-order valence-electron chi connectivity index (χ2n) is 5.71. The Morgan fingerprint density at radius 3 is 2.68 bits per heavy atom. The smallest absolute Gasteiger partial charge is 0.319 e. The molecule has 3 amide bonds. The summed E-state index contributed by atoms with van der Waals surface area (Å²) in [7, 11) is 1.78. The van der Waals surface area contributed by atoms with Crippen molar-refractivity contribution >= 4 is 11.9 Å². The predicted molar refractivity (Wildman–Crippen MR) is 83.6 cm³/mol. The predicted octanol–water partition coefficient (Wildman–Crippen LogP) is 1.16. The lowest BCUT2D eigenvalue weighted by Crippen LogP contribution is -2.47. The summed E-state index contributed by atoms with van der Waals surface area (Å²) in [6.45, 7) is 6.70. The summed E-state index contributed by atoms with van der Waals surface area (Å²) in [5.41, 5.74) is 6.62. The van der Waals surface area contributed by atoms with E-state index in [1.165, 1.54) is 0 Å². The largest absolute Gasteiger partial charge is 0.365 e. The third-order valence-corrected chi connectivity index (χ3v) is 4.24. The molecule has 0 unspecified atom stereocenters. The number of primary amides is 1. The molecular weight excluding hydrogens is 282 g/mol. The van der Waals surface area contributed by atoms with Crippen molar-refractivity contribution in [2.45, 2.75) is 32.6 Å². The highest BCUT2D eigenvalue weighted by atomic mass is 16.2. The van der Waals surface area contributed by atoms with Crippen molar-refractivity contribution < 1.29 is 9.59 Å². The number of aromatic nitrogens is 2. The van der Waals surface area contributed by atoms with Gasteiger partial charge in [-0.15, -0.1) is 0 Å². The molecule has 0 bridgehead atoms. The van der Waals surface area contributed by atoms with Crippen LogP contribution in [0, 0.1) is 0 Å². The van der Waals surface area contributed by atoms with Gasteiger partial charge in [-0.1, -0.05) is 0 Å². The molecule has 1 aromatic rings. The molecule has 1 saturated heterocycles. The third-order valence-electron chi connectivity index (χ3n) is 4.24. The molecule has 0 spiro atoms. The normalized spacial score (nSPS) is 18.3. The number of hydrogen-bond acceptors (Lipinski definition) is 3. The maximum absolute atomic E-state index is 12.5. The van der Waals surface area contributed by atoms with Gasteiger partial charge in [-0.25, -0.2) is 4.79 Å². The van der Waals surface area contributed by atoms with Crippen LogP contribution in [-0.2, 0) is 7.05 Å². The van der Waals surface area contributed by atoms with Gasteiger partial charge in [0.1, 0.15) is 0 Å². The van der Waals surface area contributed by atoms with Crippen molar-refractivity contribution in [1.82, 2.24) is 19.6 Å². The molecule has 0 aromatic carbocycles. The van der Waals surface area contributed by atoms with Crippen LogP contribution >= 0.6 is 0 Å². The Labute approximate surface area is 131 Å². The number of likely N-dealkylation sites (tertiary alicyclic amines) is 1. The van der Waals surface area contributed by atoms with Crippen LogP contribution < -0.4 is 5.73 Å². The van der Waals surface area contributed by atoms with E-state index in [-0.39, 0.29) is 11.9 Å². The minimum atomic E-state index is -0.463. The maximum Gasteiger partial charge on any atom is 0.319 e. The number of carbonyl (C=O) groups excluding carboxylic acids is 2. The fraction of sp³-hybridized carbons (Fsp3) is 0.667. The Morgan fingerprint density at radius 2 is 2.09 bits per heavy atom. The van der Waals surface area contributed by atoms with Crippen molar-refractivity contribution in [3.05, 3.63) is 17.5 Å². The van der Waals surface area contributed by atoms with Crippen LogP contribution in [0.5, 0.6) is 0 Å². The first-order valence-corrected chi connectivity index (χ1v) is 7.85. The average Bonchev–Trinajstić information content (AvgIpc) is 2.91. The van der Waals surface area contributed by atoms with E-state index in [2.05, 4.69) is 5.10 Å². The van der Waals surface area contributed by atoms with Gasteiger partial charge in [0.15, 0.2) is 0 Å². The van der Waals surface area contributed by atoms with E-state index < -0.39 is 5.91 Å². The summed E-state index contributed by atoms with van der Waals surface area (Å²) in [6, 6.07) is 0.0613. The van der Waals surface area contributed by atoms with Crippen molar-refractivity contribution in [3.8, 4) is 0 Å². The zero-order valence-corrected chi connectivity index (χ0v) is 13.6. The number of carbonyl (C=O) groups is 2. The first kappa shape index (κ1) is 16.3. The number of aryl methyl sites for hydroxylation is 1. The average molecular weight is 307 g/mol. The summed E-state index contributed by atoms with van der Waals surface area (Å²) in [5, 5.41) is 4.40. The number of urea groups is 1. The summed E-state index contributed by atoms with van der Waals surface area (Å²) in [6.07, 6.45) is 3.48. The fourth-order valence-corrected chi connectivity index (χ4v) is 3.07. The second kappa shape index (κ2) is 6.81. The van der Waals surface area contributed by atoms with Gasteiger partial charge in [0.05, 0.1) is 11.3 Å². The van der Waals surface area contributed by atoms with E-state index in [0.717, 1.165) is 19.4 Å². The molecule has 7 heteroatoms. The molecule has 2 heterocycles. The van der Waals surface area contributed by atoms with E-state index in [4.69, 9.17) is 5.73 Å². The van der Waals surface area contributed by atoms with Gasteiger partial charge in [-0.05, 0) is 26.7 Å². The standard InChI is InChI=1S/C15H25N5O2/c1-4-19(5-2)15(22)20-8-6-7-11(9-20)13-12(14(16)21)10-18(3)17-13/h10-11H,4-9H2,1-3H3,(H2,16,21)/t11-/m1/s1. The van der Waals surface area contributed by atoms with Crippen LogP contribution in [0.1, 0.15) is 48.7 Å². The molecule has 1 aliphatic heterocycles. The lowest BCUT2D eigenvalue weighted by molar-refractivity contribution is 0.0998. The zero-order chi connectivity index (χ0) is 16.3. The number of nitrogens with two attached hydrogens (primary N) is 1. The molecule has 0 saturated carbocycles. The molecule has 122 valence electrons. The lowest BCUT2D eigenvalue weighted by Gasteiger charge is -2.35. The Kier molecular flexibility index (Phi) is 5.05. The number of piperidine rings is 1. The van der Waals surface area contributed by atoms with Gasteiger partial charge in [-0.2, -0.15) is 5.10 Å². The quantitative estimate of drug-likeness (QED) is 0.906. The Bertz CT molecular complexity index is 550. The Hall–Kier alpha value is -2.05. The van der Waals surface area contributed by atoms with E-state index in [1.807, 2.05) is 23.6 Å². The lowest BCUT2D eigenvalue weighted by atomic mass is 9.92. The first-order valence-electron chi connectivity index (χ1n) is 7.85. The van der Waals surface area contributed by atoms with Crippen LogP contribution in [0.4, 0.5) is 4.79 Å². The van der Waals surface area contributed by atoms with Gasteiger partial charge in [0.2, 0.25) is 0 Å². The van der Waals surface area contributed by atoms with Crippen molar-refractivity contribution in [2.24, 2.45) is 12.8 Å². The monoisotopic (exact) mass is 307 g/mol. The molecule has 1 aromatic heterocycles. The highest BCUT2D eigenvalue weighted by Gasteiger charge is 2.30. The topological polar surface area (TPSA) is 84.5 Å². The molecule has 0 radical (unpaired) electrons. The van der Waals surface area contributed by atoms with Crippen LogP contribution in [-0.4, -0.2) is 57.7 Å². The van der Waals surface area contributed by atoms with Gasteiger partial charge >= 0.3 is 6.03 Å². The minimum Gasteiger partial charge on any atom is -0.365 e. The van der Waals surface area contributed by atoms with E-state index in [9.17, 15) is 9.59 Å². The van der Waals surface area contributed by atoms with Gasteiger partial charge < -0.3 is 15.5 Å².